The summed E-state index contributed by atoms with van der Waals surface area (Å²) in [5.41, 5.74) is 7.58. The third-order valence-electron chi connectivity index (χ3n) is 2.92. The molecule has 2 aromatic rings. The van der Waals surface area contributed by atoms with Gasteiger partial charge >= 0.3 is 0 Å². The molecule has 0 saturated carbocycles. The van der Waals surface area contributed by atoms with E-state index in [9.17, 15) is 0 Å². The van der Waals surface area contributed by atoms with Crippen LogP contribution in [0, 0.1) is 20.8 Å². The normalized spacial score (nSPS) is 10.8. The standard InChI is InChI=1S/C12H14ClN3/c1-6-4-5-9(13)10-11(6)15-8(3)7(2)12(10)16-14/h4-5H,14H2,1-3H3,(H,15,16). The van der Waals surface area contributed by atoms with Crippen molar-refractivity contribution in [3.63, 3.8) is 0 Å². The molecule has 0 saturated heterocycles. The van der Waals surface area contributed by atoms with Gasteiger partial charge in [0.25, 0.3) is 0 Å². The van der Waals surface area contributed by atoms with Gasteiger partial charge in [-0.1, -0.05) is 17.7 Å². The molecule has 0 fully saturated rings. The van der Waals surface area contributed by atoms with Crippen LogP contribution in [-0.4, -0.2) is 4.98 Å². The van der Waals surface area contributed by atoms with Gasteiger partial charge in [-0.05, 0) is 38.0 Å². The van der Waals surface area contributed by atoms with Crippen molar-refractivity contribution in [2.75, 3.05) is 5.43 Å². The molecule has 3 nitrogen and oxygen atoms in total. The van der Waals surface area contributed by atoms with Crippen LogP contribution in [0.3, 0.4) is 0 Å². The van der Waals surface area contributed by atoms with Crippen LogP contribution in [0.1, 0.15) is 16.8 Å². The van der Waals surface area contributed by atoms with Gasteiger partial charge in [-0.3, -0.25) is 10.8 Å². The average Bonchev–Trinajstić information content (AvgIpc) is 2.26. The summed E-state index contributed by atoms with van der Waals surface area (Å²) < 4.78 is 0. The second-order valence-corrected chi connectivity index (χ2v) is 4.34. The minimum atomic E-state index is 0.671. The monoisotopic (exact) mass is 235 g/mol. The van der Waals surface area contributed by atoms with Crippen LogP contribution in [0.2, 0.25) is 5.02 Å². The molecule has 1 aromatic carbocycles. The lowest BCUT2D eigenvalue weighted by atomic mass is 10.0. The SMILES string of the molecule is Cc1nc2c(C)ccc(Cl)c2c(NN)c1C. The summed E-state index contributed by atoms with van der Waals surface area (Å²) in [5.74, 6) is 5.57. The average molecular weight is 236 g/mol. The Labute approximate surface area is 99.6 Å². The van der Waals surface area contributed by atoms with E-state index < -0.39 is 0 Å². The zero-order valence-electron chi connectivity index (χ0n) is 9.56. The van der Waals surface area contributed by atoms with Crippen LogP contribution in [0.4, 0.5) is 5.69 Å². The number of fused-ring (bicyclic) bond motifs is 1. The number of nitrogens with two attached hydrogens (primary N) is 1. The number of rotatable bonds is 1. The highest BCUT2D eigenvalue weighted by Crippen LogP contribution is 2.34. The van der Waals surface area contributed by atoms with E-state index in [-0.39, 0.29) is 0 Å². The molecule has 84 valence electrons. The van der Waals surface area contributed by atoms with E-state index in [1.54, 1.807) is 0 Å². The molecule has 1 aromatic heterocycles. The topological polar surface area (TPSA) is 50.9 Å². The van der Waals surface area contributed by atoms with Gasteiger partial charge in [0.1, 0.15) is 0 Å². The Morgan fingerprint density at radius 1 is 1.25 bits per heavy atom. The smallest absolute Gasteiger partial charge is 0.0770 e. The van der Waals surface area contributed by atoms with Gasteiger partial charge in [-0.2, -0.15) is 0 Å². The molecule has 2 rings (SSSR count). The van der Waals surface area contributed by atoms with Crippen molar-refractivity contribution in [3.8, 4) is 0 Å². The van der Waals surface area contributed by atoms with Crippen LogP contribution in [0.15, 0.2) is 12.1 Å². The van der Waals surface area contributed by atoms with E-state index >= 15 is 0 Å². The highest BCUT2D eigenvalue weighted by atomic mass is 35.5. The molecule has 3 N–H and O–H groups in total. The Hall–Kier alpha value is -1.32. The summed E-state index contributed by atoms with van der Waals surface area (Å²) in [4.78, 5) is 4.56. The number of benzene rings is 1. The second kappa shape index (κ2) is 3.92. The fourth-order valence-corrected chi connectivity index (χ4v) is 2.10. The molecule has 0 radical (unpaired) electrons. The zero-order valence-corrected chi connectivity index (χ0v) is 10.3. The van der Waals surface area contributed by atoms with Crippen molar-refractivity contribution in [1.82, 2.24) is 4.98 Å². The van der Waals surface area contributed by atoms with E-state index in [1.807, 2.05) is 32.9 Å². The molecule has 0 atom stereocenters. The van der Waals surface area contributed by atoms with E-state index in [2.05, 4.69) is 10.4 Å². The number of nitrogen functional groups attached to an aromatic ring is 1. The summed E-state index contributed by atoms with van der Waals surface area (Å²) in [6.07, 6.45) is 0. The number of pyridine rings is 1. The van der Waals surface area contributed by atoms with Gasteiger partial charge in [0.05, 0.1) is 16.2 Å². The van der Waals surface area contributed by atoms with Gasteiger partial charge in [0, 0.05) is 11.1 Å². The van der Waals surface area contributed by atoms with Gasteiger partial charge < -0.3 is 5.43 Å². The van der Waals surface area contributed by atoms with Crippen LogP contribution >= 0.6 is 11.6 Å². The fourth-order valence-electron chi connectivity index (χ4n) is 1.85. The molecule has 0 unspecified atom stereocenters. The summed E-state index contributed by atoms with van der Waals surface area (Å²) in [5, 5.41) is 1.57. The second-order valence-electron chi connectivity index (χ2n) is 3.93. The van der Waals surface area contributed by atoms with Crippen LogP contribution in [0.5, 0.6) is 0 Å². The number of nitrogens with one attached hydrogen (secondary N) is 1. The molecular weight excluding hydrogens is 222 g/mol. The van der Waals surface area contributed by atoms with E-state index in [0.717, 1.165) is 33.4 Å². The molecule has 16 heavy (non-hydrogen) atoms. The molecule has 0 spiro atoms. The van der Waals surface area contributed by atoms with Crippen molar-refractivity contribution in [1.29, 1.82) is 0 Å². The first-order valence-electron chi connectivity index (χ1n) is 5.09. The third kappa shape index (κ3) is 1.52. The first-order chi connectivity index (χ1) is 7.56. The lowest BCUT2D eigenvalue weighted by Crippen LogP contribution is -2.10. The van der Waals surface area contributed by atoms with E-state index in [0.29, 0.717) is 5.02 Å². The molecule has 4 heteroatoms. The molecule has 1 heterocycles. The number of halogens is 1. The highest BCUT2D eigenvalue weighted by molar-refractivity contribution is 6.36. The Morgan fingerprint density at radius 2 is 1.94 bits per heavy atom. The first-order valence-corrected chi connectivity index (χ1v) is 5.46. The maximum Gasteiger partial charge on any atom is 0.0770 e. The quantitative estimate of drug-likeness (QED) is 0.590. The number of aromatic nitrogens is 1. The number of aryl methyl sites for hydroxylation is 2. The van der Waals surface area contributed by atoms with Gasteiger partial charge in [0.15, 0.2) is 0 Å². The Morgan fingerprint density at radius 3 is 2.56 bits per heavy atom. The van der Waals surface area contributed by atoms with E-state index in [4.69, 9.17) is 17.4 Å². The van der Waals surface area contributed by atoms with Gasteiger partial charge in [0.2, 0.25) is 0 Å². The Balaban J connectivity index is 3.02. The molecule has 0 aliphatic carbocycles. The molecular formula is C12H14ClN3. The predicted molar refractivity (Wildman–Crippen MR) is 68.8 cm³/mol. The lowest BCUT2D eigenvalue weighted by molar-refractivity contribution is 1.17. The van der Waals surface area contributed by atoms with E-state index in [1.165, 1.54) is 0 Å². The number of anilines is 1. The van der Waals surface area contributed by atoms with Gasteiger partial charge in [-0.15, -0.1) is 0 Å². The first kappa shape index (κ1) is 11.2. The number of nitrogens with zero attached hydrogens (tertiary/aromatic N) is 1. The third-order valence-corrected chi connectivity index (χ3v) is 3.24. The zero-order chi connectivity index (χ0) is 11.9. The maximum absolute atomic E-state index is 6.20. The number of hydrazine groups is 1. The van der Waals surface area contributed by atoms with Crippen molar-refractivity contribution in [3.05, 3.63) is 34.0 Å². The number of hydrogen-bond acceptors (Lipinski definition) is 3. The van der Waals surface area contributed by atoms with Crippen molar-refractivity contribution in [2.45, 2.75) is 20.8 Å². The van der Waals surface area contributed by atoms with Crippen molar-refractivity contribution < 1.29 is 0 Å². The molecule has 0 bridgehead atoms. The van der Waals surface area contributed by atoms with Crippen LogP contribution in [-0.2, 0) is 0 Å². The van der Waals surface area contributed by atoms with Gasteiger partial charge in [-0.25, -0.2) is 0 Å². The van der Waals surface area contributed by atoms with Crippen LogP contribution < -0.4 is 11.3 Å². The maximum atomic E-state index is 6.20. The minimum Gasteiger partial charge on any atom is -0.323 e. The summed E-state index contributed by atoms with van der Waals surface area (Å²) in [6.45, 7) is 5.96. The lowest BCUT2D eigenvalue weighted by Gasteiger charge is -2.14. The highest BCUT2D eigenvalue weighted by Gasteiger charge is 2.12. The fraction of sp³-hybridized carbons (Fsp3) is 0.250. The molecule has 0 aliphatic rings. The Bertz CT molecular complexity index is 564. The summed E-state index contributed by atoms with van der Waals surface area (Å²) >= 11 is 6.20. The molecule has 0 aliphatic heterocycles. The van der Waals surface area contributed by atoms with Crippen molar-refractivity contribution in [2.24, 2.45) is 5.84 Å². The van der Waals surface area contributed by atoms with Crippen LogP contribution in [0.25, 0.3) is 10.9 Å². The summed E-state index contributed by atoms with van der Waals surface area (Å²) in [7, 11) is 0. The van der Waals surface area contributed by atoms with Crippen molar-refractivity contribution >= 4 is 28.2 Å². The molecule has 0 amide bonds. The predicted octanol–water partition coefficient (Wildman–Crippen LogP) is 3.10. The largest absolute Gasteiger partial charge is 0.323 e. The number of hydrogen-bond donors (Lipinski definition) is 2. The Kier molecular flexibility index (Phi) is 2.74. The minimum absolute atomic E-state index is 0.671. The summed E-state index contributed by atoms with van der Waals surface area (Å²) in [6, 6.07) is 3.84.